The van der Waals surface area contributed by atoms with Gasteiger partial charge in [-0.2, -0.15) is 9.37 Å². The van der Waals surface area contributed by atoms with Gasteiger partial charge in [0.2, 0.25) is 17.4 Å². The Morgan fingerprint density at radius 1 is 0.967 bits per heavy atom. The van der Waals surface area contributed by atoms with E-state index in [-0.39, 0.29) is 0 Å². The molecule has 0 spiro atoms. The number of aromatic nitrogens is 2. The van der Waals surface area contributed by atoms with Crippen LogP contribution in [0.3, 0.4) is 0 Å². The Morgan fingerprint density at radius 3 is 2.43 bits per heavy atom. The molecule has 0 radical (unpaired) electrons. The molecular formula is C26H24FN2O+. The summed E-state index contributed by atoms with van der Waals surface area (Å²) in [7, 11) is 2.06. The molecule has 0 N–H and O–H groups in total. The second-order valence-electron chi connectivity index (χ2n) is 8.43. The average Bonchev–Trinajstić information content (AvgIpc) is 3.08. The molecule has 30 heavy (non-hydrogen) atoms. The summed E-state index contributed by atoms with van der Waals surface area (Å²) in [6.45, 7) is 8.65. The molecular weight excluding hydrogens is 375 g/mol. The number of rotatable bonds is 2. The third kappa shape index (κ3) is 2.63. The Kier molecular flexibility index (Phi) is 4.14. The normalized spacial score (nSPS) is 12.0. The van der Waals surface area contributed by atoms with Crippen molar-refractivity contribution >= 4 is 32.8 Å². The van der Waals surface area contributed by atoms with E-state index >= 15 is 0 Å². The highest BCUT2D eigenvalue weighted by Crippen LogP contribution is 2.40. The molecule has 5 rings (SSSR count). The van der Waals surface area contributed by atoms with Gasteiger partial charge in [0.25, 0.3) is 0 Å². The summed E-state index contributed by atoms with van der Waals surface area (Å²) >= 11 is 0. The van der Waals surface area contributed by atoms with Crippen LogP contribution in [-0.2, 0) is 7.05 Å². The predicted molar refractivity (Wildman–Crippen MR) is 119 cm³/mol. The van der Waals surface area contributed by atoms with Gasteiger partial charge in [0.1, 0.15) is 7.05 Å². The number of nitrogens with zero attached hydrogens (tertiary/aromatic N) is 2. The zero-order valence-electron chi connectivity index (χ0n) is 17.9. The smallest absolute Gasteiger partial charge is 0.230 e. The van der Waals surface area contributed by atoms with Gasteiger partial charge in [-0.25, -0.2) is 4.57 Å². The van der Waals surface area contributed by atoms with Crippen LogP contribution in [0.25, 0.3) is 44.1 Å². The van der Waals surface area contributed by atoms with Crippen molar-refractivity contribution in [1.29, 1.82) is 0 Å². The predicted octanol–water partition coefficient (Wildman–Crippen LogP) is 6.51. The van der Waals surface area contributed by atoms with E-state index in [9.17, 15) is 4.39 Å². The summed E-state index contributed by atoms with van der Waals surface area (Å²) in [6, 6.07) is 13.8. The molecule has 5 aromatic rings. The number of benzene rings is 2. The monoisotopic (exact) mass is 399 g/mol. The summed E-state index contributed by atoms with van der Waals surface area (Å²) in [5.41, 5.74) is 6.87. The minimum atomic E-state index is -0.502. The lowest BCUT2D eigenvalue weighted by Crippen LogP contribution is -2.32. The first kappa shape index (κ1) is 18.7. The van der Waals surface area contributed by atoms with Crippen molar-refractivity contribution in [3.63, 3.8) is 0 Å². The highest BCUT2D eigenvalue weighted by atomic mass is 19.1. The molecule has 0 saturated carbocycles. The maximum absolute atomic E-state index is 14.6. The molecule has 0 amide bonds. The van der Waals surface area contributed by atoms with Crippen molar-refractivity contribution in [2.24, 2.45) is 7.05 Å². The van der Waals surface area contributed by atoms with Crippen molar-refractivity contribution in [2.45, 2.75) is 33.6 Å². The van der Waals surface area contributed by atoms with E-state index in [0.29, 0.717) is 17.0 Å². The van der Waals surface area contributed by atoms with Crippen LogP contribution in [0.4, 0.5) is 4.39 Å². The van der Waals surface area contributed by atoms with Crippen molar-refractivity contribution in [2.75, 3.05) is 0 Å². The van der Waals surface area contributed by atoms with Gasteiger partial charge in [-0.3, -0.25) is 0 Å². The van der Waals surface area contributed by atoms with Crippen LogP contribution in [0, 0.1) is 19.8 Å². The lowest BCUT2D eigenvalue weighted by atomic mass is 9.95. The third-order valence-electron chi connectivity index (χ3n) is 6.07. The molecule has 3 nitrogen and oxygen atoms in total. The first-order valence-corrected chi connectivity index (χ1v) is 10.3. The summed E-state index contributed by atoms with van der Waals surface area (Å²) in [5, 5.41) is 3.16. The minimum Gasteiger partial charge on any atom is -0.437 e. The second-order valence-corrected chi connectivity index (χ2v) is 8.43. The van der Waals surface area contributed by atoms with Gasteiger partial charge in [-0.05, 0) is 42.3 Å². The van der Waals surface area contributed by atoms with E-state index in [4.69, 9.17) is 4.42 Å². The maximum Gasteiger partial charge on any atom is 0.230 e. The lowest BCUT2D eigenvalue weighted by molar-refractivity contribution is -0.660. The molecule has 0 unspecified atom stereocenters. The summed E-state index contributed by atoms with van der Waals surface area (Å²) in [4.78, 5) is 4.14. The zero-order valence-corrected chi connectivity index (χ0v) is 17.9. The van der Waals surface area contributed by atoms with Crippen LogP contribution >= 0.6 is 0 Å². The highest BCUT2D eigenvalue weighted by Gasteiger charge is 2.24. The molecule has 150 valence electrons. The molecule has 0 aliphatic heterocycles. The molecule has 0 aliphatic rings. The van der Waals surface area contributed by atoms with Gasteiger partial charge in [-0.15, -0.1) is 0 Å². The van der Waals surface area contributed by atoms with Crippen molar-refractivity contribution in [3.05, 3.63) is 71.3 Å². The molecule has 3 aromatic heterocycles. The summed E-state index contributed by atoms with van der Waals surface area (Å²) in [6.07, 6.45) is 2.20. The fraction of sp³-hybridized carbons (Fsp3) is 0.231. The van der Waals surface area contributed by atoms with E-state index in [0.717, 1.165) is 38.6 Å². The fourth-order valence-electron chi connectivity index (χ4n) is 4.56. The Labute approximate surface area is 174 Å². The molecule has 2 aromatic carbocycles. The largest absolute Gasteiger partial charge is 0.437 e. The summed E-state index contributed by atoms with van der Waals surface area (Å²) < 4.78 is 23.0. The van der Waals surface area contributed by atoms with Crippen LogP contribution in [0.1, 0.15) is 36.5 Å². The first-order chi connectivity index (χ1) is 14.4. The van der Waals surface area contributed by atoms with Crippen LogP contribution in [0.5, 0.6) is 0 Å². The SMILES string of the molecule is Cc1cc(-c2c(C)ccc3c2oc2nc(F)c4ccccc4c23)[n+](C)cc1C(C)C. The molecule has 0 fully saturated rings. The van der Waals surface area contributed by atoms with E-state index in [1.807, 2.05) is 18.2 Å². The van der Waals surface area contributed by atoms with Gasteiger partial charge in [0, 0.05) is 22.4 Å². The summed E-state index contributed by atoms with van der Waals surface area (Å²) in [5.74, 6) is -0.0509. The second kappa shape index (κ2) is 6.63. The van der Waals surface area contributed by atoms with Gasteiger partial charge in [-0.1, -0.05) is 44.2 Å². The Hall–Kier alpha value is -3.27. The quantitative estimate of drug-likeness (QED) is 0.250. The number of aryl methyl sites for hydroxylation is 3. The standard InChI is InChI=1S/C26H24FN2O/c1-14(2)20-13-29(5)21(12-16(20)4)22-15(3)10-11-19-23-17-8-6-7-9-18(17)25(27)28-26(23)30-24(19)22/h6-14H,1-5H3/q+1. The van der Waals surface area contributed by atoms with Crippen LogP contribution in [-0.4, -0.2) is 4.98 Å². The number of fused-ring (bicyclic) bond motifs is 5. The molecule has 0 saturated heterocycles. The number of pyridine rings is 2. The van der Waals surface area contributed by atoms with Gasteiger partial charge in [0.05, 0.1) is 10.9 Å². The maximum atomic E-state index is 14.6. The van der Waals surface area contributed by atoms with E-state index < -0.39 is 5.95 Å². The number of hydrogen-bond donors (Lipinski definition) is 0. The Balaban J connectivity index is 1.91. The third-order valence-corrected chi connectivity index (χ3v) is 6.07. The molecule has 0 atom stereocenters. The van der Waals surface area contributed by atoms with Gasteiger partial charge in [0.15, 0.2) is 11.8 Å². The van der Waals surface area contributed by atoms with E-state index in [1.54, 1.807) is 6.07 Å². The first-order valence-electron chi connectivity index (χ1n) is 10.3. The zero-order chi connectivity index (χ0) is 21.2. The van der Waals surface area contributed by atoms with Gasteiger partial charge < -0.3 is 4.42 Å². The topological polar surface area (TPSA) is 29.9 Å². The number of furan rings is 1. The highest BCUT2D eigenvalue weighted by molar-refractivity contribution is 6.19. The lowest BCUT2D eigenvalue weighted by Gasteiger charge is -2.11. The van der Waals surface area contributed by atoms with Crippen LogP contribution < -0.4 is 4.57 Å². The van der Waals surface area contributed by atoms with E-state index in [1.165, 1.54) is 11.1 Å². The number of halogens is 1. The number of hydrogen-bond acceptors (Lipinski definition) is 2. The minimum absolute atomic E-state index is 0.339. The van der Waals surface area contributed by atoms with Crippen molar-refractivity contribution in [1.82, 2.24) is 4.98 Å². The molecule has 4 heteroatoms. The molecule has 3 heterocycles. The molecule has 0 bridgehead atoms. The van der Waals surface area contributed by atoms with Crippen LogP contribution in [0.2, 0.25) is 0 Å². The average molecular weight is 399 g/mol. The van der Waals surface area contributed by atoms with E-state index in [2.05, 4.69) is 68.7 Å². The van der Waals surface area contributed by atoms with Crippen LogP contribution in [0.15, 0.2) is 53.1 Å². The Morgan fingerprint density at radius 2 is 1.70 bits per heavy atom. The van der Waals surface area contributed by atoms with Gasteiger partial charge >= 0.3 is 0 Å². The molecule has 0 aliphatic carbocycles. The fourth-order valence-corrected chi connectivity index (χ4v) is 4.56. The van der Waals surface area contributed by atoms with Crippen molar-refractivity contribution in [3.8, 4) is 11.3 Å². The Bertz CT molecular complexity index is 1460. The van der Waals surface area contributed by atoms with Crippen molar-refractivity contribution < 1.29 is 13.4 Å².